The predicted molar refractivity (Wildman–Crippen MR) is 82.3 cm³/mol. The van der Waals surface area contributed by atoms with Crippen LogP contribution in [0.2, 0.25) is 0 Å². The average molecular weight is 296 g/mol. The predicted octanol–water partition coefficient (Wildman–Crippen LogP) is 1.33. The number of rotatable bonds is 2. The summed E-state index contributed by atoms with van der Waals surface area (Å²) < 4.78 is 0. The summed E-state index contributed by atoms with van der Waals surface area (Å²) >= 11 is 0. The fraction of sp³-hybridized carbons (Fsp3) is 0.0714. The van der Waals surface area contributed by atoms with Crippen LogP contribution in [0, 0.1) is 10.1 Å². The van der Waals surface area contributed by atoms with Gasteiger partial charge in [0.15, 0.2) is 0 Å². The highest BCUT2D eigenvalue weighted by Gasteiger charge is 2.20. The zero-order valence-corrected chi connectivity index (χ0v) is 11.4. The first-order valence-electron chi connectivity index (χ1n) is 6.48. The Bertz CT molecular complexity index is 785. The largest absolute Gasteiger partial charge is 0.310 e. The van der Waals surface area contributed by atoms with Gasteiger partial charge in [-0.3, -0.25) is 20.1 Å². The van der Waals surface area contributed by atoms with Crippen LogP contribution in [0.4, 0.5) is 11.4 Å². The highest BCUT2D eigenvalue weighted by Crippen LogP contribution is 2.28. The molecule has 0 fully saturated rings. The maximum absolute atomic E-state index is 11.0. The van der Waals surface area contributed by atoms with Gasteiger partial charge in [-0.25, -0.2) is 10.8 Å². The third-order valence-electron chi connectivity index (χ3n) is 3.16. The molecule has 0 atom stereocenters. The number of nitrogens with two attached hydrogens (primary N) is 1. The average Bonchev–Trinajstić information content (AvgIpc) is 2.74. The Hall–Kier alpha value is -3.13. The second kappa shape index (κ2) is 5.70. The first-order chi connectivity index (χ1) is 10.7. The highest BCUT2D eigenvalue weighted by molar-refractivity contribution is 6.16. The normalized spacial score (nSPS) is 13.5. The molecule has 0 radical (unpaired) electrons. The Balaban J connectivity index is 2.20. The zero-order valence-electron chi connectivity index (χ0n) is 11.4. The monoisotopic (exact) mass is 296 g/mol. The third kappa shape index (κ3) is 2.54. The molecule has 0 saturated carbocycles. The number of nitro groups is 1. The van der Waals surface area contributed by atoms with E-state index in [2.05, 4.69) is 20.4 Å². The van der Waals surface area contributed by atoms with Crippen molar-refractivity contribution in [3.8, 4) is 0 Å². The molecule has 0 saturated heterocycles. The summed E-state index contributed by atoms with van der Waals surface area (Å²) in [7, 11) is 0. The maximum Gasteiger partial charge on any atom is 0.270 e. The standard InChI is InChI=1S/C14H12N6O2/c15-19-13-8-17-14(12-3-1-2-6-16-12)10-7-9(20(21)22)4-5-11(10)18-13/h1-7H,8,15H2,(H,18,19). The number of fused-ring (bicyclic) bond motifs is 1. The van der Waals surface area contributed by atoms with Crippen LogP contribution >= 0.6 is 0 Å². The quantitative estimate of drug-likeness (QED) is 0.492. The van der Waals surface area contributed by atoms with E-state index in [9.17, 15) is 10.1 Å². The Kier molecular flexibility index (Phi) is 3.58. The number of nitro benzene ring substituents is 1. The van der Waals surface area contributed by atoms with Crippen LogP contribution < -0.4 is 11.3 Å². The lowest BCUT2D eigenvalue weighted by atomic mass is 10.0. The number of hydrogen-bond acceptors (Lipinski definition) is 7. The van der Waals surface area contributed by atoms with Crippen molar-refractivity contribution in [1.29, 1.82) is 0 Å². The first-order valence-corrected chi connectivity index (χ1v) is 6.48. The van der Waals surface area contributed by atoms with Gasteiger partial charge in [0, 0.05) is 23.9 Å². The lowest BCUT2D eigenvalue weighted by molar-refractivity contribution is -0.384. The van der Waals surface area contributed by atoms with Gasteiger partial charge in [0.1, 0.15) is 5.84 Å². The molecule has 110 valence electrons. The van der Waals surface area contributed by atoms with Crippen molar-refractivity contribution in [2.45, 2.75) is 0 Å². The minimum atomic E-state index is -0.451. The molecular formula is C14H12N6O2. The molecule has 0 aliphatic carbocycles. The number of nitrogens with one attached hydrogen (secondary N) is 1. The van der Waals surface area contributed by atoms with Crippen LogP contribution in [-0.2, 0) is 0 Å². The molecule has 1 aliphatic rings. The molecule has 3 rings (SSSR count). The van der Waals surface area contributed by atoms with Crippen molar-refractivity contribution < 1.29 is 4.92 Å². The molecule has 1 aliphatic heterocycles. The van der Waals surface area contributed by atoms with Crippen molar-refractivity contribution >= 4 is 22.9 Å². The minimum Gasteiger partial charge on any atom is -0.310 e. The van der Waals surface area contributed by atoms with Gasteiger partial charge >= 0.3 is 0 Å². The van der Waals surface area contributed by atoms with Crippen molar-refractivity contribution in [3.05, 3.63) is 64.0 Å². The lowest BCUT2D eigenvalue weighted by Gasteiger charge is -2.07. The number of nitrogens with zero attached hydrogens (tertiary/aromatic N) is 4. The van der Waals surface area contributed by atoms with E-state index in [-0.39, 0.29) is 12.2 Å². The van der Waals surface area contributed by atoms with E-state index in [0.717, 1.165) is 0 Å². The molecule has 0 bridgehead atoms. The maximum atomic E-state index is 11.0. The van der Waals surface area contributed by atoms with Crippen LogP contribution in [-0.4, -0.2) is 28.0 Å². The van der Waals surface area contributed by atoms with E-state index in [1.165, 1.54) is 12.1 Å². The Morgan fingerprint density at radius 2 is 2.14 bits per heavy atom. The fourth-order valence-corrected chi connectivity index (χ4v) is 2.14. The summed E-state index contributed by atoms with van der Waals surface area (Å²) in [5.41, 5.74) is 4.74. The van der Waals surface area contributed by atoms with Gasteiger partial charge in [-0.05, 0) is 18.2 Å². The fourth-order valence-electron chi connectivity index (χ4n) is 2.14. The summed E-state index contributed by atoms with van der Waals surface area (Å²) in [6.07, 6.45) is 1.64. The first kappa shape index (κ1) is 13.8. The molecule has 8 nitrogen and oxygen atoms in total. The van der Waals surface area contributed by atoms with Crippen LogP contribution in [0.5, 0.6) is 0 Å². The van der Waals surface area contributed by atoms with E-state index >= 15 is 0 Å². The SMILES string of the molecule is NNC1=Nc2ccc([N+](=O)[O-])cc2C(c2ccccn2)=NC1. The number of amidine groups is 1. The van der Waals surface area contributed by atoms with E-state index in [1.807, 2.05) is 6.07 Å². The van der Waals surface area contributed by atoms with Gasteiger partial charge in [-0.1, -0.05) is 6.07 Å². The van der Waals surface area contributed by atoms with Crippen molar-refractivity contribution in [2.75, 3.05) is 6.54 Å². The van der Waals surface area contributed by atoms with Crippen molar-refractivity contribution in [3.63, 3.8) is 0 Å². The molecule has 0 spiro atoms. The van der Waals surface area contributed by atoms with Crippen molar-refractivity contribution in [1.82, 2.24) is 10.4 Å². The molecule has 1 aromatic heterocycles. The molecule has 1 aromatic carbocycles. The van der Waals surface area contributed by atoms with Crippen LogP contribution in [0.25, 0.3) is 0 Å². The summed E-state index contributed by atoms with van der Waals surface area (Å²) in [6.45, 7) is 0.241. The van der Waals surface area contributed by atoms with Gasteiger partial charge in [0.05, 0.1) is 28.6 Å². The number of pyridine rings is 1. The number of hydrogen-bond donors (Lipinski definition) is 2. The molecule has 0 amide bonds. The summed E-state index contributed by atoms with van der Waals surface area (Å²) in [6, 6.07) is 9.84. The lowest BCUT2D eigenvalue weighted by Crippen LogP contribution is -2.32. The Labute approximate surface area is 125 Å². The number of aliphatic imine (C=N–C) groups is 2. The number of aromatic nitrogens is 1. The highest BCUT2D eigenvalue weighted by atomic mass is 16.6. The smallest absolute Gasteiger partial charge is 0.270 e. The summed E-state index contributed by atoms with van der Waals surface area (Å²) in [5, 5.41) is 11.0. The van der Waals surface area contributed by atoms with Gasteiger partial charge in [-0.15, -0.1) is 0 Å². The molecular weight excluding hydrogens is 284 g/mol. The number of non-ortho nitro benzene ring substituents is 1. The topological polar surface area (TPSA) is 119 Å². The van der Waals surface area contributed by atoms with Gasteiger partial charge in [-0.2, -0.15) is 0 Å². The van der Waals surface area contributed by atoms with Crippen molar-refractivity contribution in [2.24, 2.45) is 15.8 Å². The van der Waals surface area contributed by atoms with E-state index in [1.54, 1.807) is 24.4 Å². The number of benzene rings is 1. The van der Waals surface area contributed by atoms with Gasteiger partial charge in [0.25, 0.3) is 5.69 Å². The second-order valence-corrected chi connectivity index (χ2v) is 4.54. The Morgan fingerprint density at radius 1 is 1.27 bits per heavy atom. The van der Waals surface area contributed by atoms with Crippen LogP contribution in [0.3, 0.4) is 0 Å². The molecule has 3 N–H and O–H groups in total. The molecule has 2 aromatic rings. The molecule has 2 heterocycles. The second-order valence-electron chi connectivity index (χ2n) is 4.54. The molecule has 8 heteroatoms. The van der Waals surface area contributed by atoms with Gasteiger partial charge in [0.2, 0.25) is 0 Å². The van der Waals surface area contributed by atoms with E-state index in [0.29, 0.717) is 28.5 Å². The Morgan fingerprint density at radius 3 is 2.82 bits per heavy atom. The molecule has 22 heavy (non-hydrogen) atoms. The number of hydrazine groups is 1. The van der Waals surface area contributed by atoms with E-state index < -0.39 is 4.92 Å². The van der Waals surface area contributed by atoms with Crippen LogP contribution in [0.1, 0.15) is 11.3 Å². The summed E-state index contributed by atoms with van der Waals surface area (Å²) in [5.74, 6) is 5.89. The third-order valence-corrected chi connectivity index (χ3v) is 3.16. The van der Waals surface area contributed by atoms with Gasteiger partial charge < -0.3 is 5.43 Å². The van der Waals surface area contributed by atoms with Crippen LogP contribution in [0.15, 0.2) is 52.6 Å². The van der Waals surface area contributed by atoms with E-state index in [4.69, 9.17) is 5.84 Å². The zero-order chi connectivity index (χ0) is 15.5. The minimum absolute atomic E-state index is 0.0262. The summed E-state index contributed by atoms with van der Waals surface area (Å²) in [4.78, 5) is 23.6. The molecule has 0 unspecified atom stereocenters.